The second kappa shape index (κ2) is 7.12. The number of carbonyl (C=O) groups excluding carboxylic acids is 2. The summed E-state index contributed by atoms with van der Waals surface area (Å²) in [5.41, 5.74) is 0.637. The Morgan fingerprint density at radius 1 is 1.47 bits per heavy atom. The molecule has 0 aliphatic heterocycles. The van der Waals surface area contributed by atoms with Crippen LogP contribution in [0.3, 0.4) is 0 Å². The van der Waals surface area contributed by atoms with Crippen LogP contribution >= 0.6 is 11.8 Å². The second-order valence-electron chi connectivity index (χ2n) is 4.18. The molecule has 92 valence electrons. The van der Waals surface area contributed by atoms with Gasteiger partial charge in [0, 0.05) is 17.0 Å². The molecule has 17 heavy (non-hydrogen) atoms. The van der Waals surface area contributed by atoms with Crippen LogP contribution in [-0.2, 0) is 4.79 Å². The molecule has 0 radical (unpaired) electrons. The highest BCUT2D eigenvalue weighted by Crippen LogP contribution is 2.18. The van der Waals surface area contributed by atoms with Crippen LogP contribution in [0.1, 0.15) is 24.2 Å². The Bertz CT molecular complexity index is 391. The summed E-state index contributed by atoms with van der Waals surface area (Å²) in [6.45, 7) is 4.82. The third kappa shape index (κ3) is 5.54. The lowest BCUT2D eigenvalue weighted by Gasteiger charge is -2.07. The summed E-state index contributed by atoms with van der Waals surface area (Å²) in [6.07, 6.45) is 0.808. The van der Waals surface area contributed by atoms with Crippen molar-refractivity contribution in [3.8, 4) is 0 Å². The Labute approximate surface area is 106 Å². The van der Waals surface area contributed by atoms with E-state index in [9.17, 15) is 9.59 Å². The van der Waals surface area contributed by atoms with Crippen molar-refractivity contribution in [2.45, 2.75) is 18.7 Å². The van der Waals surface area contributed by atoms with Crippen LogP contribution in [0.4, 0.5) is 0 Å². The van der Waals surface area contributed by atoms with Gasteiger partial charge >= 0.3 is 0 Å². The molecule has 1 rings (SSSR count). The van der Waals surface area contributed by atoms with Crippen LogP contribution in [0.15, 0.2) is 29.2 Å². The number of hydrogen-bond donors (Lipinski definition) is 1. The van der Waals surface area contributed by atoms with Gasteiger partial charge in [0.15, 0.2) is 0 Å². The molecule has 0 aliphatic carbocycles. The summed E-state index contributed by atoms with van der Waals surface area (Å²) in [7, 11) is 0. The van der Waals surface area contributed by atoms with Crippen LogP contribution in [0.25, 0.3) is 0 Å². The van der Waals surface area contributed by atoms with Crippen molar-refractivity contribution in [1.29, 1.82) is 0 Å². The second-order valence-corrected chi connectivity index (χ2v) is 5.23. The lowest BCUT2D eigenvalue weighted by molar-refractivity contribution is -0.118. The van der Waals surface area contributed by atoms with E-state index in [1.54, 1.807) is 12.1 Å². The van der Waals surface area contributed by atoms with E-state index in [1.807, 2.05) is 12.1 Å². The molecule has 0 fully saturated rings. The van der Waals surface area contributed by atoms with E-state index >= 15 is 0 Å². The summed E-state index contributed by atoms with van der Waals surface area (Å²) in [6, 6.07) is 7.24. The standard InChI is InChI=1S/C13H17NO2S/c1-10(2)7-14-13(16)9-17-12-5-3-4-11(6-12)8-15/h3-6,8,10H,7,9H2,1-2H3,(H,14,16). The van der Waals surface area contributed by atoms with E-state index < -0.39 is 0 Å². The number of hydrogen-bond acceptors (Lipinski definition) is 3. The number of amides is 1. The molecule has 0 spiro atoms. The van der Waals surface area contributed by atoms with E-state index in [4.69, 9.17) is 0 Å². The molecule has 1 amide bonds. The molecule has 0 saturated carbocycles. The third-order valence-electron chi connectivity index (χ3n) is 2.07. The zero-order valence-corrected chi connectivity index (χ0v) is 10.9. The molecule has 0 heterocycles. The Balaban J connectivity index is 2.39. The molecule has 3 nitrogen and oxygen atoms in total. The number of thioether (sulfide) groups is 1. The Kier molecular flexibility index (Phi) is 5.77. The van der Waals surface area contributed by atoms with Crippen molar-refractivity contribution in [2.75, 3.05) is 12.3 Å². The van der Waals surface area contributed by atoms with Crippen LogP contribution in [-0.4, -0.2) is 24.5 Å². The first-order valence-corrected chi connectivity index (χ1v) is 6.55. The fourth-order valence-electron chi connectivity index (χ4n) is 1.20. The maximum Gasteiger partial charge on any atom is 0.230 e. The molecule has 1 aromatic rings. The minimum absolute atomic E-state index is 0.0280. The molecule has 0 unspecified atom stereocenters. The maximum atomic E-state index is 11.5. The average Bonchev–Trinajstić information content (AvgIpc) is 2.34. The Morgan fingerprint density at radius 3 is 2.88 bits per heavy atom. The quantitative estimate of drug-likeness (QED) is 0.623. The number of rotatable bonds is 6. The molecule has 0 atom stereocenters. The maximum absolute atomic E-state index is 11.5. The predicted molar refractivity (Wildman–Crippen MR) is 70.4 cm³/mol. The molecule has 0 saturated heterocycles. The number of aldehydes is 1. The molecule has 1 N–H and O–H groups in total. The van der Waals surface area contributed by atoms with Gasteiger partial charge in [0.05, 0.1) is 5.75 Å². The van der Waals surface area contributed by atoms with Gasteiger partial charge in [-0.05, 0) is 18.1 Å². The highest BCUT2D eigenvalue weighted by Gasteiger charge is 2.03. The van der Waals surface area contributed by atoms with Crippen LogP contribution < -0.4 is 5.32 Å². The van der Waals surface area contributed by atoms with Crippen molar-refractivity contribution in [2.24, 2.45) is 5.92 Å². The normalized spacial score (nSPS) is 10.3. The topological polar surface area (TPSA) is 46.2 Å². The van der Waals surface area contributed by atoms with Crippen LogP contribution in [0.5, 0.6) is 0 Å². The average molecular weight is 251 g/mol. The van der Waals surface area contributed by atoms with E-state index in [1.165, 1.54) is 11.8 Å². The minimum atomic E-state index is 0.0280. The summed E-state index contributed by atoms with van der Waals surface area (Å²) in [5, 5.41) is 2.85. The molecule has 0 bridgehead atoms. The predicted octanol–water partition coefficient (Wildman–Crippen LogP) is 2.36. The van der Waals surface area contributed by atoms with Crippen molar-refractivity contribution in [3.63, 3.8) is 0 Å². The zero-order chi connectivity index (χ0) is 12.7. The highest BCUT2D eigenvalue weighted by atomic mass is 32.2. The summed E-state index contributed by atoms with van der Waals surface area (Å²) in [4.78, 5) is 23.0. The van der Waals surface area contributed by atoms with Crippen LogP contribution in [0, 0.1) is 5.92 Å². The lowest BCUT2D eigenvalue weighted by atomic mass is 10.2. The minimum Gasteiger partial charge on any atom is -0.355 e. The molecule has 0 aliphatic rings. The van der Waals surface area contributed by atoms with Gasteiger partial charge in [-0.3, -0.25) is 9.59 Å². The third-order valence-corrected chi connectivity index (χ3v) is 3.07. The largest absolute Gasteiger partial charge is 0.355 e. The molecular formula is C13H17NO2S. The van der Waals surface area contributed by atoms with Gasteiger partial charge in [-0.2, -0.15) is 0 Å². The van der Waals surface area contributed by atoms with Crippen molar-refractivity contribution in [1.82, 2.24) is 5.32 Å². The van der Waals surface area contributed by atoms with Crippen molar-refractivity contribution in [3.05, 3.63) is 29.8 Å². The first kappa shape index (κ1) is 13.8. The van der Waals surface area contributed by atoms with E-state index in [2.05, 4.69) is 19.2 Å². The Morgan fingerprint density at radius 2 is 2.24 bits per heavy atom. The van der Waals surface area contributed by atoms with Crippen molar-refractivity contribution < 1.29 is 9.59 Å². The smallest absolute Gasteiger partial charge is 0.230 e. The van der Waals surface area contributed by atoms with Gasteiger partial charge in [0.1, 0.15) is 6.29 Å². The zero-order valence-electron chi connectivity index (χ0n) is 10.1. The van der Waals surface area contributed by atoms with Gasteiger partial charge in [0.25, 0.3) is 0 Å². The van der Waals surface area contributed by atoms with Gasteiger partial charge in [-0.1, -0.05) is 26.0 Å². The van der Waals surface area contributed by atoms with Gasteiger partial charge in [-0.15, -0.1) is 11.8 Å². The number of nitrogens with one attached hydrogen (secondary N) is 1. The summed E-state index contributed by atoms with van der Waals surface area (Å²) in [5.74, 6) is 0.872. The highest BCUT2D eigenvalue weighted by molar-refractivity contribution is 8.00. The van der Waals surface area contributed by atoms with E-state index in [0.717, 1.165) is 11.2 Å². The summed E-state index contributed by atoms with van der Waals surface area (Å²) >= 11 is 1.44. The van der Waals surface area contributed by atoms with Gasteiger partial charge in [0.2, 0.25) is 5.91 Å². The van der Waals surface area contributed by atoms with E-state index in [-0.39, 0.29) is 5.91 Å². The number of benzene rings is 1. The molecule has 1 aromatic carbocycles. The first-order valence-electron chi connectivity index (χ1n) is 5.56. The monoisotopic (exact) mass is 251 g/mol. The van der Waals surface area contributed by atoms with Gasteiger partial charge in [-0.25, -0.2) is 0 Å². The van der Waals surface area contributed by atoms with E-state index in [0.29, 0.717) is 23.8 Å². The SMILES string of the molecule is CC(C)CNC(=O)CSc1cccc(C=O)c1. The fraction of sp³-hybridized carbons (Fsp3) is 0.385. The molecule has 0 aromatic heterocycles. The number of carbonyl (C=O) groups is 2. The van der Waals surface area contributed by atoms with Crippen molar-refractivity contribution >= 4 is 24.0 Å². The fourth-order valence-corrected chi connectivity index (χ4v) is 1.99. The molecular weight excluding hydrogens is 234 g/mol. The lowest BCUT2D eigenvalue weighted by Crippen LogP contribution is -2.28. The van der Waals surface area contributed by atoms with Gasteiger partial charge < -0.3 is 5.32 Å². The Hall–Kier alpha value is -1.29. The molecule has 4 heteroatoms. The first-order chi connectivity index (χ1) is 8.11. The van der Waals surface area contributed by atoms with Crippen LogP contribution in [0.2, 0.25) is 0 Å². The summed E-state index contributed by atoms with van der Waals surface area (Å²) < 4.78 is 0.